The van der Waals surface area contributed by atoms with E-state index in [1.54, 1.807) is 12.4 Å². The zero-order valence-corrected chi connectivity index (χ0v) is 10.9. The maximum Gasteiger partial charge on any atom is 0.147 e. The third-order valence-corrected chi connectivity index (χ3v) is 3.49. The number of aromatic nitrogens is 2. The normalized spacial score (nSPS) is 19.1. The van der Waals surface area contributed by atoms with E-state index in [1.807, 2.05) is 19.1 Å². The third kappa shape index (κ3) is 2.33. The van der Waals surface area contributed by atoms with Crippen LogP contribution >= 0.6 is 0 Å². The van der Waals surface area contributed by atoms with Crippen molar-refractivity contribution >= 4 is 5.82 Å². The first-order valence-corrected chi connectivity index (χ1v) is 6.52. The van der Waals surface area contributed by atoms with Gasteiger partial charge in [-0.2, -0.15) is 0 Å². The smallest absolute Gasteiger partial charge is 0.147 e. The second kappa shape index (κ2) is 5.01. The minimum Gasteiger partial charge on any atom is -0.464 e. The van der Waals surface area contributed by atoms with Gasteiger partial charge in [-0.3, -0.25) is 4.98 Å². The van der Waals surface area contributed by atoms with Gasteiger partial charge in [-0.25, -0.2) is 4.98 Å². The molecule has 0 radical (unpaired) electrons. The molecule has 0 saturated carbocycles. The molecule has 0 bridgehead atoms. The van der Waals surface area contributed by atoms with Gasteiger partial charge in [-0.1, -0.05) is 0 Å². The minimum atomic E-state index is -0.0753. The van der Waals surface area contributed by atoms with Crippen LogP contribution in [0, 0.1) is 6.92 Å². The summed E-state index contributed by atoms with van der Waals surface area (Å²) in [6.07, 6.45) is 5.53. The molecule has 1 saturated heterocycles. The van der Waals surface area contributed by atoms with Crippen molar-refractivity contribution in [1.82, 2.24) is 9.97 Å². The molecule has 3 rings (SSSR count). The van der Waals surface area contributed by atoms with Gasteiger partial charge >= 0.3 is 0 Å². The molecule has 1 atom stereocenters. The highest BCUT2D eigenvalue weighted by atomic mass is 16.3. The van der Waals surface area contributed by atoms with Crippen molar-refractivity contribution in [3.63, 3.8) is 0 Å². The van der Waals surface area contributed by atoms with Gasteiger partial charge in [0, 0.05) is 6.54 Å². The summed E-state index contributed by atoms with van der Waals surface area (Å²) in [7, 11) is 0. The summed E-state index contributed by atoms with van der Waals surface area (Å²) in [5.41, 5.74) is 0.591. The molecule has 0 aromatic carbocycles. The van der Waals surface area contributed by atoms with Crippen molar-refractivity contribution in [2.45, 2.75) is 32.4 Å². The SMILES string of the molecule is Cc1ccc(C2CCCN2c2cnc(CO)cn2)o1. The second-order valence-electron chi connectivity index (χ2n) is 4.82. The summed E-state index contributed by atoms with van der Waals surface area (Å²) in [6, 6.07) is 4.27. The van der Waals surface area contributed by atoms with Crippen LogP contribution in [0.1, 0.15) is 36.1 Å². The first-order valence-electron chi connectivity index (χ1n) is 6.52. The number of nitrogens with zero attached hydrogens (tertiary/aromatic N) is 3. The number of anilines is 1. The van der Waals surface area contributed by atoms with Gasteiger partial charge in [0.1, 0.15) is 17.3 Å². The molecule has 1 aliphatic heterocycles. The Balaban J connectivity index is 1.86. The number of aliphatic hydroxyl groups excluding tert-OH is 1. The Bertz CT molecular complexity index is 550. The van der Waals surface area contributed by atoms with E-state index in [0.717, 1.165) is 36.7 Å². The van der Waals surface area contributed by atoms with E-state index < -0.39 is 0 Å². The van der Waals surface area contributed by atoms with Crippen LogP contribution in [0.15, 0.2) is 28.9 Å². The number of hydrogen-bond donors (Lipinski definition) is 1. The molecule has 5 heteroatoms. The number of hydrogen-bond acceptors (Lipinski definition) is 5. The molecular formula is C14H17N3O2. The van der Waals surface area contributed by atoms with Gasteiger partial charge in [0.2, 0.25) is 0 Å². The monoisotopic (exact) mass is 259 g/mol. The lowest BCUT2D eigenvalue weighted by Gasteiger charge is -2.23. The van der Waals surface area contributed by atoms with Gasteiger partial charge in [0.05, 0.1) is 30.7 Å². The maximum absolute atomic E-state index is 9.00. The summed E-state index contributed by atoms with van der Waals surface area (Å²) >= 11 is 0. The Morgan fingerprint density at radius 2 is 2.26 bits per heavy atom. The predicted molar refractivity (Wildman–Crippen MR) is 70.7 cm³/mol. The molecule has 3 heterocycles. The summed E-state index contributed by atoms with van der Waals surface area (Å²) in [4.78, 5) is 10.8. The van der Waals surface area contributed by atoms with E-state index in [1.165, 1.54) is 0 Å². The molecule has 1 N–H and O–H groups in total. The average Bonchev–Trinajstić information content (AvgIpc) is 3.07. The van der Waals surface area contributed by atoms with E-state index >= 15 is 0 Å². The topological polar surface area (TPSA) is 62.4 Å². The molecule has 0 amide bonds. The zero-order valence-electron chi connectivity index (χ0n) is 10.9. The van der Waals surface area contributed by atoms with E-state index in [0.29, 0.717) is 5.69 Å². The lowest BCUT2D eigenvalue weighted by atomic mass is 10.2. The summed E-state index contributed by atoms with van der Waals surface area (Å²) in [6.45, 7) is 2.84. The second-order valence-corrected chi connectivity index (χ2v) is 4.82. The molecule has 1 unspecified atom stereocenters. The first-order chi connectivity index (χ1) is 9.28. The fourth-order valence-electron chi connectivity index (χ4n) is 2.55. The Morgan fingerprint density at radius 3 is 2.89 bits per heavy atom. The fraction of sp³-hybridized carbons (Fsp3) is 0.429. The van der Waals surface area contributed by atoms with Crippen molar-refractivity contribution in [1.29, 1.82) is 0 Å². The van der Waals surface area contributed by atoms with E-state index in [2.05, 4.69) is 14.9 Å². The molecule has 0 spiro atoms. The average molecular weight is 259 g/mol. The Kier molecular flexibility index (Phi) is 3.21. The predicted octanol–water partition coefficient (Wildman–Crippen LogP) is 2.21. The van der Waals surface area contributed by atoms with Gasteiger partial charge in [-0.05, 0) is 31.9 Å². The molecule has 5 nitrogen and oxygen atoms in total. The highest BCUT2D eigenvalue weighted by Gasteiger charge is 2.29. The molecule has 2 aromatic heterocycles. The highest BCUT2D eigenvalue weighted by molar-refractivity contribution is 5.40. The van der Waals surface area contributed by atoms with Gasteiger partial charge in [-0.15, -0.1) is 0 Å². The third-order valence-electron chi connectivity index (χ3n) is 3.49. The fourth-order valence-corrected chi connectivity index (χ4v) is 2.55. The zero-order chi connectivity index (χ0) is 13.2. The van der Waals surface area contributed by atoms with Crippen molar-refractivity contribution in [3.8, 4) is 0 Å². The molecule has 1 fully saturated rings. The van der Waals surface area contributed by atoms with Gasteiger partial charge in [0.15, 0.2) is 0 Å². The van der Waals surface area contributed by atoms with E-state index in [4.69, 9.17) is 9.52 Å². The number of aryl methyl sites for hydroxylation is 1. The Labute approximate surface area is 111 Å². The van der Waals surface area contributed by atoms with Crippen LogP contribution in [-0.2, 0) is 6.61 Å². The van der Waals surface area contributed by atoms with Crippen LogP contribution in [0.25, 0.3) is 0 Å². The molecule has 1 aliphatic rings. The van der Waals surface area contributed by atoms with Crippen LogP contribution in [0.4, 0.5) is 5.82 Å². The van der Waals surface area contributed by atoms with Crippen molar-refractivity contribution in [2.75, 3.05) is 11.4 Å². The Morgan fingerprint density at radius 1 is 1.37 bits per heavy atom. The van der Waals surface area contributed by atoms with Crippen LogP contribution in [0.5, 0.6) is 0 Å². The van der Waals surface area contributed by atoms with Gasteiger partial charge in [0.25, 0.3) is 0 Å². The van der Waals surface area contributed by atoms with E-state index in [-0.39, 0.29) is 12.6 Å². The minimum absolute atomic E-state index is 0.0753. The number of furan rings is 1. The standard InChI is InChI=1S/C14H17N3O2/c1-10-4-5-13(19-10)12-3-2-6-17(12)14-8-15-11(9-18)7-16-14/h4-5,7-8,12,18H,2-3,6,9H2,1H3. The number of rotatable bonds is 3. The van der Waals surface area contributed by atoms with Crippen molar-refractivity contribution in [3.05, 3.63) is 41.7 Å². The largest absolute Gasteiger partial charge is 0.464 e. The van der Waals surface area contributed by atoms with Crippen molar-refractivity contribution in [2.24, 2.45) is 0 Å². The van der Waals surface area contributed by atoms with Crippen LogP contribution in [0.2, 0.25) is 0 Å². The number of aliphatic hydroxyl groups is 1. The summed E-state index contributed by atoms with van der Waals surface area (Å²) in [5.74, 6) is 2.76. The quantitative estimate of drug-likeness (QED) is 0.915. The van der Waals surface area contributed by atoms with Gasteiger partial charge < -0.3 is 14.4 Å². The van der Waals surface area contributed by atoms with E-state index in [9.17, 15) is 0 Å². The van der Waals surface area contributed by atoms with Crippen LogP contribution in [-0.4, -0.2) is 21.6 Å². The highest BCUT2D eigenvalue weighted by Crippen LogP contribution is 2.35. The summed E-state index contributed by atoms with van der Waals surface area (Å²) < 4.78 is 5.73. The first kappa shape index (κ1) is 12.2. The lowest BCUT2D eigenvalue weighted by Crippen LogP contribution is -2.23. The summed E-state index contributed by atoms with van der Waals surface area (Å²) in [5, 5.41) is 9.00. The molecule has 2 aromatic rings. The molecule has 100 valence electrons. The Hall–Kier alpha value is -1.88. The molecular weight excluding hydrogens is 242 g/mol. The van der Waals surface area contributed by atoms with Crippen LogP contribution < -0.4 is 4.90 Å². The molecule has 19 heavy (non-hydrogen) atoms. The maximum atomic E-state index is 9.00. The van der Waals surface area contributed by atoms with Crippen LogP contribution in [0.3, 0.4) is 0 Å². The van der Waals surface area contributed by atoms with Crippen molar-refractivity contribution < 1.29 is 9.52 Å². The lowest BCUT2D eigenvalue weighted by molar-refractivity contribution is 0.276. The molecule has 0 aliphatic carbocycles.